The molecule has 0 aromatic carbocycles. The number of alkyl carbamates (subject to hydrolysis) is 1. The third kappa shape index (κ3) is 8.27. The third-order valence-corrected chi connectivity index (χ3v) is 3.82. The van der Waals surface area contributed by atoms with Gasteiger partial charge in [-0.1, -0.05) is 19.3 Å². The highest BCUT2D eigenvalue weighted by Gasteiger charge is 2.19. The maximum atomic E-state index is 11.6. The van der Waals surface area contributed by atoms with E-state index >= 15 is 0 Å². The van der Waals surface area contributed by atoms with Crippen molar-refractivity contribution in [2.75, 3.05) is 26.2 Å². The summed E-state index contributed by atoms with van der Waals surface area (Å²) in [4.78, 5) is 14.1. The Morgan fingerprint density at radius 3 is 2.29 bits per heavy atom. The maximum absolute atomic E-state index is 11.6. The van der Waals surface area contributed by atoms with Gasteiger partial charge in [-0.05, 0) is 53.1 Å². The lowest BCUT2D eigenvalue weighted by molar-refractivity contribution is 0.0521. The summed E-state index contributed by atoms with van der Waals surface area (Å²) in [6, 6.07) is 0.359. The van der Waals surface area contributed by atoms with Gasteiger partial charge in [-0.2, -0.15) is 0 Å². The second kappa shape index (κ2) is 9.26. The molecule has 1 fully saturated rings. The Kier molecular flexibility index (Phi) is 8.04. The zero-order valence-corrected chi connectivity index (χ0v) is 14.0. The van der Waals surface area contributed by atoms with Crippen molar-refractivity contribution in [3.05, 3.63) is 0 Å². The van der Waals surface area contributed by atoms with Crippen LogP contribution >= 0.6 is 0 Å². The Bertz CT molecular complexity index is 294. The van der Waals surface area contributed by atoms with Crippen LogP contribution in [-0.4, -0.2) is 48.8 Å². The molecule has 1 amide bonds. The molecule has 1 heterocycles. The fourth-order valence-corrected chi connectivity index (χ4v) is 2.74. The Morgan fingerprint density at radius 1 is 1.19 bits per heavy atom. The number of hydrogen-bond acceptors (Lipinski definition) is 4. The first-order chi connectivity index (χ1) is 9.92. The average molecular weight is 299 g/mol. The Labute approximate surface area is 129 Å². The summed E-state index contributed by atoms with van der Waals surface area (Å²) in [6.45, 7) is 9.15. The highest BCUT2D eigenvalue weighted by Crippen LogP contribution is 2.14. The van der Waals surface area contributed by atoms with Crippen LogP contribution in [0.2, 0.25) is 0 Å². The number of carbonyl (C=O) groups excluding carboxylic acids is 1. The molecule has 0 radical (unpaired) electrons. The van der Waals surface area contributed by atoms with Gasteiger partial charge in [0.2, 0.25) is 0 Å². The zero-order valence-electron chi connectivity index (χ0n) is 14.0. The molecule has 1 saturated heterocycles. The Hall–Kier alpha value is -0.810. The standard InChI is InChI=1S/C16H33N3O2/c1-16(2,3)21-15(20)18-10-9-14(13-17)19-11-7-5-4-6-8-12-19/h14H,4-13,17H2,1-3H3,(H,18,20). The molecule has 3 N–H and O–H groups in total. The van der Waals surface area contributed by atoms with Gasteiger partial charge in [0, 0.05) is 19.1 Å². The second-order valence-corrected chi connectivity index (χ2v) is 6.91. The van der Waals surface area contributed by atoms with E-state index in [1.54, 1.807) is 0 Å². The third-order valence-electron chi connectivity index (χ3n) is 3.82. The molecule has 0 aliphatic carbocycles. The van der Waals surface area contributed by atoms with E-state index in [0.29, 0.717) is 19.1 Å². The molecule has 5 nitrogen and oxygen atoms in total. The minimum atomic E-state index is -0.444. The monoisotopic (exact) mass is 299 g/mol. The van der Waals surface area contributed by atoms with Crippen molar-refractivity contribution in [3.63, 3.8) is 0 Å². The minimum absolute atomic E-state index is 0.342. The zero-order chi connectivity index (χ0) is 15.7. The number of hydrogen-bond donors (Lipinski definition) is 2. The van der Waals surface area contributed by atoms with Crippen LogP contribution in [0.3, 0.4) is 0 Å². The van der Waals surface area contributed by atoms with Crippen LogP contribution in [0, 0.1) is 0 Å². The van der Waals surface area contributed by atoms with Gasteiger partial charge in [-0.15, -0.1) is 0 Å². The Balaban J connectivity index is 2.31. The molecule has 1 rings (SSSR count). The van der Waals surface area contributed by atoms with E-state index in [4.69, 9.17) is 10.5 Å². The van der Waals surface area contributed by atoms with Crippen LogP contribution in [0.25, 0.3) is 0 Å². The smallest absolute Gasteiger partial charge is 0.407 e. The number of nitrogens with zero attached hydrogens (tertiary/aromatic N) is 1. The average Bonchev–Trinajstić information content (AvgIpc) is 2.33. The molecular formula is C16H33N3O2. The highest BCUT2D eigenvalue weighted by molar-refractivity contribution is 5.67. The summed E-state index contributed by atoms with van der Waals surface area (Å²) in [7, 11) is 0. The summed E-state index contributed by atoms with van der Waals surface area (Å²) in [6.07, 6.45) is 7.07. The van der Waals surface area contributed by atoms with Crippen LogP contribution < -0.4 is 11.1 Å². The molecule has 0 spiro atoms. The first-order valence-electron chi connectivity index (χ1n) is 8.33. The maximum Gasteiger partial charge on any atom is 0.407 e. The van der Waals surface area contributed by atoms with Crippen LogP contribution in [0.5, 0.6) is 0 Å². The van der Waals surface area contributed by atoms with Gasteiger partial charge in [0.25, 0.3) is 0 Å². The number of carbonyl (C=O) groups is 1. The summed E-state index contributed by atoms with van der Waals surface area (Å²) in [5.41, 5.74) is 5.48. The van der Waals surface area contributed by atoms with E-state index in [9.17, 15) is 4.79 Å². The molecule has 0 saturated carbocycles. The van der Waals surface area contributed by atoms with Crippen molar-refractivity contribution in [3.8, 4) is 0 Å². The Morgan fingerprint density at radius 2 is 1.76 bits per heavy atom. The van der Waals surface area contributed by atoms with Gasteiger partial charge in [0.15, 0.2) is 0 Å². The van der Waals surface area contributed by atoms with Crippen molar-refractivity contribution in [2.45, 2.75) is 70.9 Å². The molecule has 124 valence electrons. The van der Waals surface area contributed by atoms with E-state index in [2.05, 4.69) is 10.2 Å². The van der Waals surface area contributed by atoms with Crippen LogP contribution in [0.4, 0.5) is 4.79 Å². The van der Waals surface area contributed by atoms with Gasteiger partial charge < -0.3 is 15.8 Å². The first kappa shape index (κ1) is 18.2. The molecule has 1 atom stereocenters. The number of ether oxygens (including phenoxy) is 1. The predicted molar refractivity (Wildman–Crippen MR) is 86.4 cm³/mol. The summed E-state index contributed by atoms with van der Waals surface area (Å²) < 4.78 is 5.24. The number of nitrogens with two attached hydrogens (primary N) is 1. The van der Waals surface area contributed by atoms with E-state index < -0.39 is 5.60 Å². The molecule has 1 aliphatic heterocycles. The fraction of sp³-hybridized carbons (Fsp3) is 0.938. The van der Waals surface area contributed by atoms with E-state index in [-0.39, 0.29) is 6.09 Å². The number of amides is 1. The quantitative estimate of drug-likeness (QED) is 0.818. The number of likely N-dealkylation sites (tertiary alicyclic amines) is 1. The van der Waals surface area contributed by atoms with Gasteiger partial charge in [0.05, 0.1) is 0 Å². The molecule has 0 aromatic rings. The normalized spacial score (nSPS) is 19.4. The number of nitrogens with one attached hydrogen (secondary N) is 1. The largest absolute Gasteiger partial charge is 0.444 e. The minimum Gasteiger partial charge on any atom is -0.444 e. The lowest BCUT2D eigenvalue weighted by Gasteiger charge is -2.32. The van der Waals surface area contributed by atoms with Crippen molar-refractivity contribution in [2.24, 2.45) is 5.73 Å². The molecule has 5 heteroatoms. The highest BCUT2D eigenvalue weighted by atomic mass is 16.6. The van der Waals surface area contributed by atoms with Gasteiger partial charge >= 0.3 is 6.09 Å². The van der Waals surface area contributed by atoms with Crippen LogP contribution in [-0.2, 0) is 4.74 Å². The lowest BCUT2D eigenvalue weighted by atomic mass is 10.1. The van der Waals surface area contributed by atoms with Gasteiger partial charge in [-0.25, -0.2) is 4.79 Å². The molecule has 21 heavy (non-hydrogen) atoms. The number of rotatable bonds is 5. The van der Waals surface area contributed by atoms with E-state index in [1.807, 2.05) is 20.8 Å². The fourth-order valence-electron chi connectivity index (χ4n) is 2.74. The SMILES string of the molecule is CC(C)(C)OC(=O)NCCC(CN)N1CCCCCCC1. The van der Waals surface area contributed by atoms with Gasteiger partial charge in [0.1, 0.15) is 5.60 Å². The van der Waals surface area contributed by atoms with Crippen molar-refractivity contribution < 1.29 is 9.53 Å². The van der Waals surface area contributed by atoms with Crippen LogP contribution in [0.15, 0.2) is 0 Å². The molecule has 1 unspecified atom stereocenters. The molecular weight excluding hydrogens is 266 g/mol. The van der Waals surface area contributed by atoms with E-state index in [1.165, 1.54) is 32.1 Å². The summed E-state index contributed by atoms with van der Waals surface area (Å²) in [5, 5.41) is 2.83. The lowest BCUT2D eigenvalue weighted by Crippen LogP contribution is -2.44. The van der Waals surface area contributed by atoms with Crippen LogP contribution in [0.1, 0.15) is 59.3 Å². The second-order valence-electron chi connectivity index (χ2n) is 6.91. The van der Waals surface area contributed by atoms with E-state index in [0.717, 1.165) is 19.5 Å². The van der Waals surface area contributed by atoms with Crippen molar-refractivity contribution in [1.29, 1.82) is 0 Å². The predicted octanol–water partition coefficient (Wildman–Crippen LogP) is 2.49. The topological polar surface area (TPSA) is 67.6 Å². The molecule has 0 bridgehead atoms. The van der Waals surface area contributed by atoms with Crippen molar-refractivity contribution >= 4 is 6.09 Å². The summed E-state index contributed by atoms with van der Waals surface area (Å²) in [5.74, 6) is 0. The molecule has 1 aliphatic rings. The molecule has 0 aromatic heterocycles. The van der Waals surface area contributed by atoms with Crippen molar-refractivity contribution in [1.82, 2.24) is 10.2 Å². The summed E-state index contributed by atoms with van der Waals surface area (Å²) >= 11 is 0. The first-order valence-corrected chi connectivity index (χ1v) is 8.33. The van der Waals surface area contributed by atoms with Gasteiger partial charge in [-0.3, -0.25) is 4.90 Å².